The van der Waals surface area contributed by atoms with Gasteiger partial charge in [0.2, 0.25) is 0 Å². The Morgan fingerprint density at radius 2 is 0.500 bits per heavy atom. The lowest BCUT2D eigenvalue weighted by molar-refractivity contribution is 0.578. The Hall–Kier alpha value is -4.91. The third-order valence-corrected chi connectivity index (χ3v) is 17.9. The highest BCUT2D eigenvalue weighted by atomic mass is 31.2. The number of hydrogen-bond donors (Lipinski definition) is 0. The molecule has 0 saturated heterocycles. The van der Waals surface area contributed by atoms with Gasteiger partial charge in [-0.1, -0.05) is 182 Å². The largest absolute Gasteiger partial charge is 0.316 e. The lowest BCUT2D eigenvalue weighted by atomic mass is 10.2. The van der Waals surface area contributed by atoms with Gasteiger partial charge in [-0.3, -0.25) is 0 Å². The Bertz CT molecular complexity index is 1990. The minimum absolute atomic E-state index is 0.130. The number of nitrogens with zero attached hydrogens (tertiary/aromatic N) is 2. The zero-order valence-electron chi connectivity index (χ0n) is 30.1. The van der Waals surface area contributed by atoms with E-state index in [1.165, 1.54) is 0 Å². The second kappa shape index (κ2) is 17.0. The second-order valence-corrected chi connectivity index (χ2v) is 22.5. The average molecular weight is 765 g/mol. The Morgan fingerprint density at radius 1 is 0.296 bits per heavy atom. The van der Waals surface area contributed by atoms with Crippen molar-refractivity contribution < 1.29 is 13.7 Å². The van der Waals surface area contributed by atoms with Crippen LogP contribution in [0.1, 0.15) is 33.4 Å². The van der Waals surface area contributed by atoms with E-state index in [-0.39, 0.29) is 42.5 Å². The van der Waals surface area contributed by atoms with Crippen molar-refractivity contribution in [1.82, 2.24) is 9.97 Å². The summed E-state index contributed by atoms with van der Waals surface area (Å²) in [5.74, 6) is 0. The predicted molar refractivity (Wildman–Crippen MR) is 225 cm³/mol. The summed E-state index contributed by atoms with van der Waals surface area (Å²) in [6.45, 7) is 0. The molecule has 7 aromatic rings. The molecule has 5 nitrogen and oxygen atoms in total. The maximum atomic E-state index is 15.9. The van der Waals surface area contributed by atoms with E-state index in [1.54, 1.807) is 6.07 Å². The predicted octanol–water partition coefficient (Wildman–Crippen LogP) is 10.6. The molecule has 1 aromatic heterocycles. The minimum atomic E-state index is -3.50. The van der Waals surface area contributed by atoms with Gasteiger partial charge in [0, 0.05) is 37.0 Å². The molecule has 0 atom stereocenters. The van der Waals surface area contributed by atoms with Crippen LogP contribution in [0.25, 0.3) is 0 Å². The molecule has 0 bridgehead atoms. The highest BCUT2D eigenvalue weighted by Gasteiger charge is 2.38. The van der Waals surface area contributed by atoms with E-state index in [9.17, 15) is 0 Å². The highest BCUT2D eigenvalue weighted by Crippen LogP contribution is 2.55. The fourth-order valence-corrected chi connectivity index (χ4v) is 15.1. The van der Waals surface area contributed by atoms with Crippen LogP contribution in [0.5, 0.6) is 0 Å². The minimum Gasteiger partial charge on any atom is -0.316 e. The molecule has 0 saturated carbocycles. The molecular formula is C46H43N2O3P3. The van der Waals surface area contributed by atoms with Crippen molar-refractivity contribution >= 4 is 37.9 Å². The monoisotopic (exact) mass is 764 g/mol. The normalized spacial score (nSPS) is 12.0. The molecular weight excluding hydrogens is 721 g/mol. The number of aromatic nitrogens is 2. The van der Waals surface area contributed by atoms with Crippen molar-refractivity contribution in [1.29, 1.82) is 0 Å². The number of benzene rings is 6. The third kappa shape index (κ3) is 9.41. The summed E-state index contributed by atoms with van der Waals surface area (Å²) >= 11 is 0. The number of hydrogen-bond acceptors (Lipinski definition) is 5. The van der Waals surface area contributed by atoms with Crippen LogP contribution in [0.3, 0.4) is 0 Å². The molecule has 6 aromatic carbocycles. The maximum Gasteiger partial charge on any atom is 0.190 e. The van der Waals surface area contributed by atoms with Crippen LogP contribution in [0.2, 0.25) is 0 Å². The molecule has 0 aliphatic carbocycles. The highest BCUT2D eigenvalue weighted by molar-refractivity contribution is 7.72. The molecule has 270 valence electrons. The first kappa shape index (κ1) is 37.4. The van der Waals surface area contributed by atoms with Crippen molar-refractivity contribution in [2.24, 2.45) is 0 Å². The van der Waals surface area contributed by atoms with Gasteiger partial charge < -0.3 is 13.7 Å². The first-order valence-electron chi connectivity index (χ1n) is 18.2. The fourth-order valence-electron chi connectivity index (χ4n) is 6.91. The van der Waals surface area contributed by atoms with Gasteiger partial charge in [-0.15, -0.1) is 0 Å². The van der Waals surface area contributed by atoms with E-state index in [4.69, 9.17) is 9.97 Å². The third-order valence-electron chi connectivity index (χ3n) is 9.57. The lowest BCUT2D eigenvalue weighted by Gasteiger charge is -2.25. The van der Waals surface area contributed by atoms with E-state index >= 15 is 13.7 Å². The Kier molecular flexibility index (Phi) is 11.8. The summed E-state index contributed by atoms with van der Waals surface area (Å²) in [5.41, 5.74) is 6.18. The van der Waals surface area contributed by atoms with Gasteiger partial charge in [0.15, 0.2) is 12.7 Å². The van der Waals surface area contributed by atoms with Crippen LogP contribution >= 0.6 is 21.4 Å². The SMILES string of the molecule is O=P(Cc1ccccc1)(Cc1ccccc1)c1cc(P(=O)(Cc2ccccc2)Cc2ccccc2)nc(P(=O)(Cc2ccccc2)Cc2ccccc2)n1. The number of rotatable bonds is 15. The van der Waals surface area contributed by atoms with Gasteiger partial charge in [0.1, 0.15) is 25.2 Å². The van der Waals surface area contributed by atoms with Crippen molar-refractivity contribution in [2.45, 2.75) is 37.0 Å². The fraction of sp³-hybridized carbons (Fsp3) is 0.130. The zero-order chi connectivity index (χ0) is 37.3. The van der Waals surface area contributed by atoms with Crippen molar-refractivity contribution in [3.8, 4) is 0 Å². The van der Waals surface area contributed by atoms with E-state index in [2.05, 4.69) is 0 Å². The smallest absolute Gasteiger partial charge is 0.190 e. The van der Waals surface area contributed by atoms with Gasteiger partial charge in [-0.25, -0.2) is 9.97 Å². The molecule has 0 aliphatic heterocycles. The van der Waals surface area contributed by atoms with E-state index < -0.39 is 21.4 Å². The van der Waals surface area contributed by atoms with E-state index in [0.717, 1.165) is 33.4 Å². The van der Waals surface area contributed by atoms with Crippen LogP contribution in [0.4, 0.5) is 0 Å². The van der Waals surface area contributed by atoms with Crippen LogP contribution < -0.4 is 16.4 Å². The first-order valence-corrected chi connectivity index (χ1v) is 24.4. The van der Waals surface area contributed by atoms with Gasteiger partial charge in [0.05, 0.1) is 0 Å². The van der Waals surface area contributed by atoms with Gasteiger partial charge >= 0.3 is 0 Å². The molecule has 0 amide bonds. The molecule has 8 heteroatoms. The molecule has 0 unspecified atom stereocenters. The van der Waals surface area contributed by atoms with Crippen molar-refractivity contribution in [3.05, 3.63) is 221 Å². The molecule has 0 spiro atoms. The summed E-state index contributed by atoms with van der Waals surface area (Å²) in [6.07, 6.45) is 1.36. The molecule has 0 N–H and O–H groups in total. The van der Waals surface area contributed by atoms with E-state index in [1.807, 2.05) is 182 Å². The van der Waals surface area contributed by atoms with Crippen molar-refractivity contribution in [3.63, 3.8) is 0 Å². The van der Waals surface area contributed by atoms with E-state index in [0.29, 0.717) is 10.9 Å². The summed E-state index contributed by atoms with van der Waals surface area (Å²) in [7, 11) is -10.4. The summed E-state index contributed by atoms with van der Waals surface area (Å²) in [5, 5.41) is 0. The quantitative estimate of drug-likeness (QED) is 0.0972. The molecule has 0 aliphatic rings. The van der Waals surface area contributed by atoms with Gasteiger partial charge in [-0.05, 0) is 39.4 Å². The Balaban J connectivity index is 1.48. The summed E-state index contributed by atoms with van der Waals surface area (Å²) in [6, 6.07) is 60.4. The lowest BCUT2D eigenvalue weighted by Crippen LogP contribution is -2.33. The van der Waals surface area contributed by atoms with Gasteiger partial charge in [0.25, 0.3) is 0 Å². The molecule has 7 rings (SSSR count). The summed E-state index contributed by atoms with van der Waals surface area (Å²) in [4.78, 5) is 10.3. The van der Waals surface area contributed by atoms with Crippen LogP contribution in [0.15, 0.2) is 188 Å². The van der Waals surface area contributed by atoms with Crippen LogP contribution in [-0.4, -0.2) is 9.97 Å². The molecule has 54 heavy (non-hydrogen) atoms. The Morgan fingerprint density at radius 3 is 0.722 bits per heavy atom. The topological polar surface area (TPSA) is 77.0 Å². The van der Waals surface area contributed by atoms with Crippen LogP contribution in [-0.2, 0) is 50.7 Å². The average Bonchev–Trinajstić information content (AvgIpc) is 3.20. The maximum absolute atomic E-state index is 15.9. The van der Waals surface area contributed by atoms with Gasteiger partial charge in [-0.2, -0.15) is 0 Å². The molecule has 1 heterocycles. The first-order chi connectivity index (χ1) is 26.3. The van der Waals surface area contributed by atoms with Crippen molar-refractivity contribution in [2.75, 3.05) is 0 Å². The molecule has 0 radical (unpaired) electrons. The molecule has 0 fully saturated rings. The van der Waals surface area contributed by atoms with Crippen LogP contribution in [0, 0.1) is 0 Å². The summed E-state index contributed by atoms with van der Waals surface area (Å²) < 4.78 is 47.6. The second-order valence-electron chi connectivity index (χ2n) is 13.9. The standard InChI is InChI=1S/C46H43N2O3P3/c49-52(32-38-19-7-1-8-20-38,33-39-21-9-2-10-22-39)44-31-45(53(50,34-40-23-11-3-12-24-40)35-41-25-13-4-14-26-41)48-46(47-44)54(51,36-42-27-15-5-16-28-42)37-43-29-17-6-18-30-43/h1-31H,32-37H2. The zero-order valence-corrected chi connectivity index (χ0v) is 32.8. The Labute approximate surface area is 318 Å².